The predicted molar refractivity (Wildman–Crippen MR) is 89.7 cm³/mol. The molecule has 2 N–H and O–H groups in total. The number of benzene rings is 1. The van der Waals surface area contributed by atoms with Gasteiger partial charge in [0.15, 0.2) is 0 Å². The number of nitrogens with one attached hydrogen (secondary N) is 2. The first kappa shape index (κ1) is 17.9. The highest BCUT2D eigenvalue weighted by Gasteiger charge is 2.13. The highest BCUT2D eigenvalue weighted by Crippen LogP contribution is 2.24. The fourth-order valence-corrected chi connectivity index (χ4v) is 2.43. The second-order valence-corrected chi connectivity index (χ2v) is 5.55. The molecule has 1 amide bonds. The first-order chi connectivity index (χ1) is 10.1. The minimum absolute atomic E-state index is 0.0121. The van der Waals surface area contributed by atoms with Crippen molar-refractivity contribution in [3.8, 4) is 0 Å². The van der Waals surface area contributed by atoms with E-state index in [1.54, 1.807) is 14.2 Å². The van der Waals surface area contributed by atoms with Gasteiger partial charge in [-0.2, -0.15) is 0 Å². The zero-order valence-electron chi connectivity index (χ0n) is 12.9. The van der Waals surface area contributed by atoms with Crippen molar-refractivity contribution in [3.63, 3.8) is 0 Å². The van der Waals surface area contributed by atoms with Gasteiger partial charge in [-0.1, -0.05) is 15.9 Å². The van der Waals surface area contributed by atoms with Gasteiger partial charge in [0.2, 0.25) is 5.91 Å². The molecule has 0 saturated carbocycles. The van der Waals surface area contributed by atoms with Gasteiger partial charge in [-0.15, -0.1) is 0 Å². The van der Waals surface area contributed by atoms with E-state index in [0.29, 0.717) is 13.2 Å². The van der Waals surface area contributed by atoms with Gasteiger partial charge in [-0.25, -0.2) is 0 Å². The van der Waals surface area contributed by atoms with Crippen LogP contribution in [0, 0.1) is 0 Å². The second-order valence-electron chi connectivity index (χ2n) is 4.63. The Bertz CT molecular complexity index is 455. The number of likely N-dealkylation sites (N-methyl/N-ethyl adjacent to an activating group) is 2. The summed E-state index contributed by atoms with van der Waals surface area (Å²) in [6.07, 6.45) is 0. The van der Waals surface area contributed by atoms with Crippen molar-refractivity contribution in [3.05, 3.63) is 28.2 Å². The zero-order chi connectivity index (χ0) is 15.7. The van der Waals surface area contributed by atoms with Crippen LogP contribution in [0.15, 0.2) is 22.7 Å². The number of hydrogen-bond acceptors (Lipinski definition) is 4. The molecule has 118 valence electrons. The van der Waals surface area contributed by atoms with Gasteiger partial charge in [-0.3, -0.25) is 4.79 Å². The van der Waals surface area contributed by atoms with Gasteiger partial charge in [0.1, 0.15) is 0 Å². The second kappa shape index (κ2) is 9.76. The highest BCUT2D eigenvalue weighted by atomic mass is 79.9. The van der Waals surface area contributed by atoms with Gasteiger partial charge >= 0.3 is 0 Å². The SMILES string of the molecule is CCN(CC(=O)NC)c1ccc(Br)cc1CNCCOC. The number of anilines is 1. The molecule has 0 saturated heterocycles. The Hall–Kier alpha value is -1.11. The maximum absolute atomic E-state index is 11.6. The van der Waals surface area contributed by atoms with E-state index >= 15 is 0 Å². The van der Waals surface area contributed by atoms with Crippen LogP contribution in [0.4, 0.5) is 5.69 Å². The third-order valence-corrected chi connectivity index (χ3v) is 3.67. The van der Waals surface area contributed by atoms with Crippen molar-refractivity contribution in [1.29, 1.82) is 0 Å². The quantitative estimate of drug-likeness (QED) is 0.661. The van der Waals surface area contributed by atoms with Gasteiger partial charge in [-0.05, 0) is 30.7 Å². The number of ether oxygens (including phenoxy) is 1. The summed E-state index contributed by atoms with van der Waals surface area (Å²) in [5, 5.41) is 6.01. The average Bonchev–Trinajstić information content (AvgIpc) is 2.49. The average molecular weight is 358 g/mol. The Balaban J connectivity index is 2.85. The minimum atomic E-state index is 0.0121. The van der Waals surface area contributed by atoms with Crippen LogP contribution in [-0.4, -0.2) is 46.3 Å². The molecular weight excluding hydrogens is 334 g/mol. The smallest absolute Gasteiger partial charge is 0.239 e. The number of carbonyl (C=O) groups is 1. The summed E-state index contributed by atoms with van der Waals surface area (Å²) in [5.41, 5.74) is 2.24. The van der Waals surface area contributed by atoms with Gasteiger partial charge in [0, 0.05) is 44.0 Å². The Morgan fingerprint density at radius 3 is 2.81 bits per heavy atom. The molecule has 0 atom stereocenters. The fourth-order valence-electron chi connectivity index (χ4n) is 2.02. The van der Waals surface area contributed by atoms with Crippen molar-refractivity contribution >= 4 is 27.5 Å². The molecule has 0 aliphatic heterocycles. The molecule has 0 fully saturated rings. The summed E-state index contributed by atoms with van der Waals surface area (Å²) in [7, 11) is 3.35. The van der Waals surface area contributed by atoms with Crippen molar-refractivity contribution in [2.24, 2.45) is 0 Å². The third kappa shape index (κ3) is 6.03. The largest absolute Gasteiger partial charge is 0.383 e. The van der Waals surface area contributed by atoms with E-state index in [1.165, 1.54) is 0 Å². The van der Waals surface area contributed by atoms with Gasteiger partial charge < -0.3 is 20.3 Å². The molecule has 1 aromatic carbocycles. The summed E-state index contributed by atoms with van der Waals surface area (Å²) < 4.78 is 6.07. The summed E-state index contributed by atoms with van der Waals surface area (Å²) >= 11 is 3.50. The lowest BCUT2D eigenvalue weighted by Gasteiger charge is -2.25. The van der Waals surface area contributed by atoms with E-state index in [4.69, 9.17) is 4.74 Å². The first-order valence-electron chi connectivity index (χ1n) is 7.06. The summed E-state index contributed by atoms with van der Waals surface area (Å²) in [6.45, 7) is 5.40. The molecule has 0 aliphatic rings. The van der Waals surface area contributed by atoms with Crippen LogP contribution in [-0.2, 0) is 16.1 Å². The molecule has 21 heavy (non-hydrogen) atoms. The molecule has 0 bridgehead atoms. The number of rotatable bonds is 9. The number of halogens is 1. The number of carbonyl (C=O) groups excluding carboxylic acids is 1. The minimum Gasteiger partial charge on any atom is -0.383 e. The lowest BCUT2D eigenvalue weighted by molar-refractivity contribution is -0.119. The first-order valence-corrected chi connectivity index (χ1v) is 7.85. The van der Waals surface area contributed by atoms with Crippen LogP contribution in [0.5, 0.6) is 0 Å². The molecule has 6 heteroatoms. The Kier molecular flexibility index (Phi) is 8.34. The normalized spacial score (nSPS) is 10.5. The van der Waals surface area contributed by atoms with Gasteiger partial charge in [0.25, 0.3) is 0 Å². The Morgan fingerprint density at radius 1 is 1.43 bits per heavy atom. The van der Waals surface area contributed by atoms with E-state index in [2.05, 4.69) is 37.5 Å². The lowest BCUT2D eigenvalue weighted by atomic mass is 10.1. The molecule has 0 spiro atoms. The standard InChI is InChI=1S/C15H24BrN3O2/c1-4-19(11-15(20)17-2)14-6-5-13(16)9-12(14)10-18-7-8-21-3/h5-6,9,18H,4,7-8,10-11H2,1-3H3,(H,17,20). The number of hydrogen-bond donors (Lipinski definition) is 2. The molecule has 0 unspecified atom stereocenters. The van der Waals surface area contributed by atoms with E-state index < -0.39 is 0 Å². The van der Waals surface area contributed by atoms with E-state index in [-0.39, 0.29) is 5.91 Å². The van der Waals surface area contributed by atoms with Crippen LogP contribution in [0.1, 0.15) is 12.5 Å². The van der Waals surface area contributed by atoms with Crippen molar-refractivity contribution in [1.82, 2.24) is 10.6 Å². The third-order valence-electron chi connectivity index (χ3n) is 3.18. The van der Waals surface area contributed by atoms with Crippen LogP contribution < -0.4 is 15.5 Å². The van der Waals surface area contributed by atoms with Crippen molar-refractivity contribution in [2.45, 2.75) is 13.5 Å². The molecule has 1 aromatic rings. The maximum Gasteiger partial charge on any atom is 0.239 e. The van der Waals surface area contributed by atoms with Gasteiger partial charge in [0.05, 0.1) is 13.2 Å². The molecule has 0 aliphatic carbocycles. The van der Waals surface area contributed by atoms with Crippen LogP contribution >= 0.6 is 15.9 Å². The predicted octanol–water partition coefficient (Wildman–Crippen LogP) is 1.76. The maximum atomic E-state index is 11.6. The van der Waals surface area contributed by atoms with Crippen LogP contribution in [0.2, 0.25) is 0 Å². The van der Waals surface area contributed by atoms with E-state index in [0.717, 1.165) is 35.4 Å². The topological polar surface area (TPSA) is 53.6 Å². The Labute approximate surface area is 135 Å². The summed E-state index contributed by atoms with van der Waals surface area (Å²) in [5.74, 6) is 0.0121. The molecule has 0 aromatic heterocycles. The Morgan fingerprint density at radius 2 is 2.19 bits per heavy atom. The number of methoxy groups -OCH3 is 1. The van der Waals surface area contributed by atoms with Crippen molar-refractivity contribution in [2.75, 3.05) is 45.3 Å². The van der Waals surface area contributed by atoms with E-state index in [9.17, 15) is 4.79 Å². The van der Waals surface area contributed by atoms with Crippen LogP contribution in [0.3, 0.4) is 0 Å². The number of amides is 1. The highest BCUT2D eigenvalue weighted by molar-refractivity contribution is 9.10. The lowest BCUT2D eigenvalue weighted by Crippen LogP contribution is -2.36. The molecule has 5 nitrogen and oxygen atoms in total. The monoisotopic (exact) mass is 357 g/mol. The summed E-state index contributed by atoms with van der Waals surface area (Å²) in [4.78, 5) is 13.7. The molecule has 0 radical (unpaired) electrons. The summed E-state index contributed by atoms with van der Waals surface area (Å²) in [6, 6.07) is 6.13. The molecule has 0 heterocycles. The number of nitrogens with zero attached hydrogens (tertiary/aromatic N) is 1. The fraction of sp³-hybridized carbons (Fsp3) is 0.533. The van der Waals surface area contributed by atoms with Crippen LogP contribution in [0.25, 0.3) is 0 Å². The van der Waals surface area contributed by atoms with Crippen molar-refractivity contribution < 1.29 is 9.53 Å². The van der Waals surface area contributed by atoms with E-state index in [1.807, 2.05) is 19.1 Å². The molecule has 1 rings (SSSR count). The zero-order valence-corrected chi connectivity index (χ0v) is 14.5. The molecular formula is C15H24BrN3O2.